The van der Waals surface area contributed by atoms with Gasteiger partial charge < -0.3 is 15.8 Å². The Bertz CT molecular complexity index is 960. The van der Waals surface area contributed by atoms with Crippen LogP contribution in [0.25, 0.3) is 12.2 Å². The summed E-state index contributed by atoms with van der Waals surface area (Å²) in [7, 11) is 0. The molecule has 1 saturated heterocycles. The normalized spacial score (nSPS) is 16.7. The number of benzene rings is 1. The smallest absolute Gasteiger partial charge is 0.156 e. The van der Waals surface area contributed by atoms with Gasteiger partial charge in [-0.25, -0.2) is 9.97 Å². The predicted molar refractivity (Wildman–Crippen MR) is 111 cm³/mol. The monoisotopic (exact) mass is 376 g/mol. The lowest BCUT2D eigenvalue weighted by atomic mass is 10.1. The quantitative estimate of drug-likeness (QED) is 0.606. The molecule has 4 N–H and O–H groups in total. The molecule has 7 nitrogen and oxygen atoms in total. The maximum Gasteiger partial charge on any atom is 0.156 e. The first-order valence-corrected chi connectivity index (χ1v) is 9.47. The first-order valence-electron chi connectivity index (χ1n) is 9.47. The van der Waals surface area contributed by atoms with Gasteiger partial charge in [0, 0.05) is 30.4 Å². The molecular weight excluding hydrogens is 352 g/mol. The molecule has 7 heteroatoms. The molecule has 3 aromatic rings. The Morgan fingerprint density at radius 3 is 2.82 bits per heavy atom. The zero-order valence-electron chi connectivity index (χ0n) is 15.9. The Morgan fingerprint density at radius 1 is 1.25 bits per heavy atom. The molecule has 0 amide bonds. The lowest BCUT2D eigenvalue weighted by Crippen LogP contribution is -2.15. The van der Waals surface area contributed by atoms with Crippen LogP contribution in [-0.2, 0) is 11.2 Å². The van der Waals surface area contributed by atoms with E-state index in [2.05, 4.69) is 20.5 Å². The number of H-pyrrole nitrogens is 1. The van der Waals surface area contributed by atoms with Crippen LogP contribution in [0.2, 0.25) is 0 Å². The molecule has 0 saturated carbocycles. The van der Waals surface area contributed by atoms with Gasteiger partial charge in [-0.1, -0.05) is 36.4 Å². The molecule has 0 bridgehead atoms. The molecular formula is C21H24N6O. The van der Waals surface area contributed by atoms with Crippen molar-refractivity contribution in [2.45, 2.75) is 32.3 Å². The maximum atomic E-state index is 6.32. The third-order valence-corrected chi connectivity index (χ3v) is 4.69. The van der Waals surface area contributed by atoms with Gasteiger partial charge >= 0.3 is 0 Å². The van der Waals surface area contributed by atoms with Crippen LogP contribution in [-0.4, -0.2) is 32.9 Å². The highest BCUT2D eigenvalue weighted by Gasteiger charge is 2.21. The van der Waals surface area contributed by atoms with Crippen LogP contribution in [0.4, 0.5) is 17.5 Å². The number of hydrogen-bond donors (Lipinski definition) is 3. The predicted octanol–water partition coefficient (Wildman–Crippen LogP) is 3.73. The molecule has 0 aliphatic carbocycles. The van der Waals surface area contributed by atoms with Crippen LogP contribution in [0.3, 0.4) is 0 Å². The molecule has 28 heavy (non-hydrogen) atoms. The van der Waals surface area contributed by atoms with Gasteiger partial charge in [-0.2, -0.15) is 5.10 Å². The molecule has 1 unspecified atom stereocenters. The molecule has 1 fully saturated rings. The van der Waals surface area contributed by atoms with Gasteiger partial charge in [0.2, 0.25) is 0 Å². The Morgan fingerprint density at radius 2 is 2.11 bits per heavy atom. The van der Waals surface area contributed by atoms with E-state index >= 15 is 0 Å². The lowest BCUT2D eigenvalue weighted by molar-refractivity contribution is 0.111. The number of aromatic amines is 1. The van der Waals surface area contributed by atoms with E-state index in [0.717, 1.165) is 36.3 Å². The summed E-state index contributed by atoms with van der Waals surface area (Å²) in [6.45, 7) is 2.75. The Kier molecular flexibility index (Phi) is 5.34. The zero-order chi connectivity index (χ0) is 19.3. The minimum Gasteiger partial charge on any atom is -0.383 e. The third kappa shape index (κ3) is 4.37. The Labute approximate surface area is 164 Å². The molecule has 4 rings (SSSR count). The molecule has 2 aromatic heterocycles. The van der Waals surface area contributed by atoms with Gasteiger partial charge in [-0.3, -0.25) is 5.10 Å². The minimum absolute atomic E-state index is 0.151. The van der Waals surface area contributed by atoms with Crippen molar-refractivity contribution in [1.29, 1.82) is 0 Å². The highest BCUT2D eigenvalue weighted by atomic mass is 16.5. The molecule has 144 valence electrons. The van der Waals surface area contributed by atoms with E-state index in [0.29, 0.717) is 29.7 Å². The van der Waals surface area contributed by atoms with Crippen molar-refractivity contribution >= 4 is 29.6 Å². The van der Waals surface area contributed by atoms with Crippen molar-refractivity contribution in [3.63, 3.8) is 0 Å². The number of ether oxygens (including phenoxy) is 1. The van der Waals surface area contributed by atoms with Gasteiger partial charge in [0.25, 0.3) is 0 Å². The highest BCUT2D eigenvalue weighted by molar-refractivity contribution is 5.70. The number of nitrogens with zero attached hydrogens (tertiary/aromatic N) is 3. The average molecular weight is 376 g/mol. The molecule has 1 aliphatic rings. The summed E-state index contributed by atoms with van der Waals surface area (Å²) in [5.41, 5.74) is 9.23. The van der Waals surface area contributed by atoms with Crippen LogP contribution < -0.4 is 11.1 Å². The van der Waals surface area contributed by atoms with E-state index in [1.807, 2.05) is 55.5 Å². The number of hydrogen-bond acceptors (Lipinski definition) is 6. The van der Waals surface area contributed by atoms with Crippen LogP contribution in [0.15, 0.2) is 36.4 Å². The number of nitrogens with two attached hydrogens (primary N) is 1. The summed E-state index contributed by atoms with van der Waals surface area (Å²) >= 11 is 0. The van der Waals surface area contributed by atoms with E-state index < -0.39 is 0 Å². The van der Waals surface area contributed by atoms with Crippen molar-refractivity contribution in [1.82, 2.24) is 20.2 Å². The van der Waals surface area contributed by atoms with Crippen LogP contribution in [0.1, 0.15) is 35.5 Å². The molecule has 1 aliphatic heterocycles. The second-order valence-corrected chi connectivity index (χ2v) is 6.94. The topological polar surface area (TPSA) is 102 Å². The van der Waals surface area contributed by atoms with Gasteiger partial charge in [0.15, 0.2) is 11.6 Å². The molecule has 3 heterocycles. The first-order chi connectivity index (χ1) is 13.7. The van der Waals surface area contributed by atoms with E-state index in [-0.39, 0.29) is 6.10 Å². The summed E-state index contributed by atoms with van der Waals surface area (Å²) in [4.78, 5) is 9.19. The number of nitrogen functional groups attached to an aromatic ring is 1. The third-order valence-electron chi connectivity index (χ3n) is 4.69. The van der Waals surface area contributed by atoms with E-state index in [1.54, 1.807) is 0 Å². The Hall–Kier alpha value is -3.19. The van der Waals surface area contributed by atoms with E-state index in [9.17, 15) is 0 Å². The van der Waals surface area contributed by atoms with Gasteiger partial charge in [0.05, 0.1) is 6.10 Å². The fraction of sp³-hybridized carbons (Fsp3) is 0.286. The summed E-state index contributed by atoms with van der Waals surface area (Å²) in [5.74, 6) is 2.38. The van der Waals surface area contributed by atoms with Crippen molar-refractivity contribution in [2.75, 3.05) is 17.7 Å². The van der Waals surface area contributed by atoms with Crippen molar-refractivity contribution in [2.24, 2.45) is 0 Å². The van der Waals surface area contributed by atoms with Gasteiger partial charge in [-0.15, -0.1) is 0 Å². The lowest BCUT2D eigenvalue weighted by Gasteiger charge is -2.15. The standard InChI is InChI=1S/C21H24N6O/c1-14-12-19(27-26-14)25-21-17(13-16-8-5-11-28-16)20(22)23-18(24-21)10-9-15-6-3-2-4-7-15/h2-4,6-7,9-10,12,16H,5,8,11,13H2,1H3,(H4,22,23,24,25,26,27). The van der Waals surface area contributed by atoms with Crippen LogP contribution in [0, 0.1) is 6.92 Å². The Balaban J connectivity index is 1.65. The number of nitrogens with one attached hydrogen (secondary N) is 2. The maximum absolute atomic E-state index is 6.32. The first kappa shape index (κ1) is 18.2. The second kappa shape index (κ2) is 8.22. The van der Waals surface area contributed by atoms with E-state index in [1.165, 1.54) is 0 Å². The second-order valence-electron chi connectivity index (χ2n) is 6.94. The molecule has 1 atom stereocenters. The van der Waals surface area contributed by atoms with E-state index in [4.69, 9.17) is 15.5 Å². The van der Waals surface area contributed by atoms with Crippen molar-refractivity contribution in [3.05, 3.63) is 59.0 Å². The highest BCUT2D eigenvalue weighted by Crippen LogP contribution is 2.27. The summed E-state index contributed by atoms with van der Waals surface area (Å²) in [6, 6.07) is 11.9. The van der Waals surface area contributed by atoms with Crippen LogP contribution >= 0.6 is 0 Å². The SMILES string of the molecule is Cc1cc(Nc2nc(C=Cc3ccccc3)nc(N)c2CC2CCCO2)n[nH]1. The molecule has 0 radical (unpaired) electrons. The molecule has 0 spiro atoms. The van der Waals surface area contributed by atoms with Crippen molar-refractivity contribution < 1.29 is 4.74 Å². The average Bonchev–Trinajstić information content (AvgIpc) is 3.35. The largest absolute Gasteiger partial charge is 0.383 e. The number of anilines is 3. The summed E-state index contributed by atoms with van der Waals surface area (Å²) < 4.78 is 5.78. The number of aryl methyl sites for hydroxylation is 1. The van der Waals surface area contributed by atoms with Crippen molar-refractivity contribution in [3.8, 4) is 0 Å². The van der Waals surface area contributed by atoms with Crippen LogP contribution in [0.5, 0.6) is 0 Å². The summed E-state index contributed by atoms with van der Waals surface area (Å²) in [6.07, 6.45) is 6.76. The minimum atomic E-state index is 0.151. The zero-order valence-corrected chi connectivity index (χ0v) is 15.9. The fourth-order valence-electron chi connectivity index (χ4n) is 3.27. The molecule has 1 aromatic carbocycles. The number of rotatable bonds is 6. The fourth-order valence-corrected chi connectivity index (χ4v) is 3.27. The van der Waals surface area contributed by atoms with Gasteiger partial charge in [-0.05, 0) is 31.4 Å². The van der Waals surface area contributed by atoms with Gasteiger partial charge in [0.1, 0.15) is 11.6 Å². The summed E-state index contributed by atoms with van der Waals surface area (Å²) in [5, 5.41) is 10.5. The number of aromatic nitrogens is 4.